The molecule has 0 aliphatic carbocycles. The molecule has 0 unspecified atom stereocenters. The number of anilines is 1. The molecular weight excluding hydrogens is 475 g/mol. The maximum absolute atomic E-state index is 12.5. The number of carbonyl (C=O) groups excluding carboxylic acids is 1. The summed E-state index contributed by atoms with van der Waals surface area (Å²) in [6.45, 7) is 6.42. The molecule has 27 heavy (non-hydrogen) atoms. The van der Waals surface area contributed by atoms with Crippen LogP contribution in [0.25, 0.3) is 6.08 Å². The van der Waals surface area contributed by atoms with Gasteiger partial charge in [-0.1, -0.05) is 26.0 Å². The number of hydrogen-bond donors (Lipinski definition) is 1. The molecule has 0 aliphatic heterocycles. The average Bonchev–Trinajstić information content (AvgIpc) is 2.63. The molecule has 5 nitrogen and oxygen atoms in total. The largest absolute Gasteiger partial charge is 0.322 e. The summed E-state index contributed by atoms with van der Waals surface area (Å²) >= 11 is 2.22. The Morgan fingerprint density at radius 1 is 1.11 bits per heavy atom. The van der Waals surface area contributed by atoms with Gasteiger partial charge in [-0.15, -0.1) is 0 Å². The Balaban J connectivity index is 2.08. The van der Waals surface area contributed by atoms with Gasteiger partial charge in [0.25, 0.3) is 0 Å². The third-order valence-electron chi connectivity index (χ3n) is 4.10. The van der Waals surface area contributed by atoms with Gasteiger partial charge >= 0.3 is 0 Å². The van der Waals surface area contributed by atoms with E-state index in [1.807, 2.05) is 39.0 Å². The molecule has 7 heteroatoms. The summed E-state index contributed by atoms with van der Waals surface area (Å²) in [6, 6.07) is 12.3. The Morgan fingerprint density at radius 2 is 1.74 bits per heavy atom. The third-order valence-corrected chi connectivity index (χ3v) is 6.83. The second-order valence-electron chi connectivity index (χ2n) is 5.94. The lowest BCUT2D eigenvalue weighted by molar-refractivity contribution is -0.111. The van der Waals surface area contributed by atoms with E-state index in [1.54, 1.807) is 30.3 Å². The third kappa shape index (κ3) is 5.63. The van der Waals surface area contributed by atoms with Crippen LogP contribution in [0.4, 0.5) is 5.69 Å². The lowest BCUT2D eigenvalue weighted by Gasteiger charge is -2.18. The fourth-order valence-electron chi connectivity index (χ4n) is 2.58. The van der Waals surface area contributed by atoms with Crippen LogP contribution in [0.2, 0.25) is 0 Å². The van der Waals surface area contributed by atoms with Gasteiger partial charge in [0, 0.05) is 28.4 Å². The molecule has 0 radical (unpaired) electrons. The van der Waals surface area contributed by atoms with E-state index >= 15 is 0 Å². The van der Waals surface area contributed by atoms with Crippen molar-refractivity contribution in [3.8, 4) is 0 Å². The van der Waals surface area contributed by atoms with Crippen molar-refractivity contribution < 1.29 is 13.2 Å². The van der Waals surface area contributed by atoms with Gasteiger partial charge in [-0.25, -0.2) is 8.42 Å². The SMILES string of the molecule is CCN(CC)S(=O)(=O)c1ccc(/C=C/C(=O)Nc2ccc(I)cc2C)cc1. The molecular formula is C20H23IN2O3S. The Kier molecular flexibility index (Phi) is 7.58. The summed E-state index contributed by atoms with van der Waals surface area (Å²) in [4.78, 5) is 12.4. The lowest BCUT2D eigenvalue weighted by atomic mass is 10.2. The van der Waals surface area contributed by atoms with Crippen molar-refractivity contribution in [2.24, 2.45) is 0 Å². The van der Waals surface area contributed by atoms with E-state index in [0.717, 1.165) is 20.4 Å². The Hall–Kier alpha value is -1.71. The Morgan fingerprint density at radius 3 is 2.30 bits per heavy atom. The van der Waals surface area contributed by atoms with Gasteiger partial charge in [0.1, 0.15) is 0 Å². The van der Waals surface area contributed by atoms with E-state index in [9.17, 15) is 13.2 Å². The predicted molar refractivity (Wildman–Crippen MR) is 118 cm³/mol. The highest BCUT2D eigenvalue weighted by molar-refractivity contribution is 14.1. The molecule has 1 amide bonds. The molecule has 0 spiro atoms. The topological polar surface area (TPSA) is 66.5 Å². The van der Waals surface area contributed by atoms with Crippen molar-refractivity contribution in [3.63, 3.8) is 0 Å². The molecule has 2 aromatic carbocycles. The van der Waals surface area contributed by atoms with Crippen molar-refractivity contribution >= 4 is 50.3 Å². The molecule has 2 aromatic rings. The highest BCUT2D eigenvalue weighted by atomic mass is 127. The minimum Gasteiger partial charge on any atom is -0.322 e. The maximum Gasteiger partial charge on any atom is 0.248 e. The monoisotopic (exact) mass is 498 g/mol. The van der Waals surface area contributed by atoms with Crippen molar-refractivity contribution in [1.29, 1.82) is 0 Å². The Bertz CT molecular complexity index is 934. The van der Waals surface area contributed by atoms with Gasteiger partial charge in [-0.3, -0.25) is 4.79 Å². The van der Waals surface area contributed by atoms with Crippen molar-refractivity contribution in [1.82, 2.24) is 4.31 Å². The summed E-state index contributed by atoms with van der Waals surface area (Å²) in [5.41, 5.74) is 2.52. The van der Waals surface area contributed by atoms with Gasteiger partial charge in [0.15, 0.2) is 0 Å². The van der Waals surface area contributed by atoms with E-state index in [-0.39, 0.29) is 10.8 Å². The van der Waals surface area contributed by atoms with Crippen LogP contribution in [0.1, 0.15) is 25.0 Å². The molecule has 0 heterocycles. The van der Waals surface area contributed by atoms with Crippen LogP contribution in [-0.4, -0.2) is 31.7 Å². The highest BCUT2D eigenvalue weighted by Gasteiger charge is 2.20. The molecule has 2 rings (SSSR count). The summed E-state index contributed by atoms with van der Waals surface area (Å²) in [6.07, 6.45) is 3.09. The predicted octanol–water partition coefficient (Wildman–Crippen LogP) is 4.28. The molecule has 0 saturated carbocycles. The fourth-order valence-corrected chi connectivity index (χ4v) is 4.68. The number of nitrogens with one attached hydrogen (secondary N) is 1. The quantitative estimate of drug-likeness (QED) is 0.458. The molecule has 1 N–H and O–H groups in total. The van der Waals surface area contributed by atoms with Crippen molar-refractivity contribution in [2.45, 2.75) is 25.7 Å². The van der Waals surface area contributed by atoms with Crippen LogP contribution in [-0.2, 0) is 14.8 Å². The lowest BCUT2D eigenvalue weighted by Crippen LogP contribution is -2.30. The van der Waals surface area contributed by atoms with Gasteiger partial charge in [-0.2, -0.15) is 4.31 Å². The molecule has 144 valence electrons. The smallest absolute Gasteiger partial charge is 0.248 e. The van der Waals surface area contributed by atoms with E-state index in [0.29, 0.717) is 13.1 Å². The van der Waals surface area contributed by atoms with Gasteiger partial charge < -0.3 is 5.32 Å². The molecule has 0 aliphatic rings. The zero-order valence-electron chi connectivity index (χ0n) is 15.6. The maximum atomic E-state index is 12.5. The second-order valence-corrected chi connectivity index (χ2v) is 9.12. The molecule has 0 aromatic heterocycles. The summed E-state index contributed by atoms with van der Waals surface area (Å²) in [5.74, 6) is -0.237. The van der Waals surface area contributed by atoms with Crippen LogP contribution in [0, 0.1) is 10.5 Å². The first-order chi connectivity index (χ1) is 12.8. The molecule has 0 bridgehead atoms. The van der Waals surface area contributed by atoms with Gasteiger partial charge in [-0.05, 0) is 77.0 Å². The summed E-state index contributed by atoms with van der Waals surface area (Å²) < 4.78 is 27.5. The number of aryl methyl sites for hydroxylation is 1. The highest BCUT2D eigenvalue weighted by Crippen LogP contribution is 2.19. The molecule has 0 fully saturated rings. The minimum absolute atomic E-state index is 0.237. The van der Waals surface area contributed by atoms with Crippen LogP contribution in [0.3, 0.4) is 0 Å². The van der Waals surface area contributed by atoms with Crippen LogP contribution in [0.5, 0.6) is 0 Å². The zero-order chi connectivity index (χ0) is 20.0. The number of nitrogens with zero attached hydrogens (tertiary/aromatic N) is 1. The average molecular weight is 498 g/mol. The first kappa shape index (κ1) is 21.6. The number of carbonyl (C=O) groups is 1. The zero-order valence-corrected chi connectivity index (χ0v) is 18.5. The number of hydrogen-bond acceptors (Lipinski definition) is 3. The van der Waals surface area contributed by atoms with E-state index in [1.165, 1.54) is 10.4 Å². The van der Waals surface area contributed by atoms with E-state index < -0.39 is 10.0 Å². The first-order valence-electron chi connectivity index (χ1n) is 8.63. The van der Waals surface area contributed by atoms with Crippen LogP contribution in [0.15, 0.2) is 53.4 Å². The fraction of sp³-hybridized carbons (Fsp3) is 0.250. The molecule has 0 saturated heterocycles. The Labute approximate surface area is 174 Å². The van der Waals surface area contributed by atoms with Crippen LogP contribution >= 0.6 is 22.6 Å². The van der Waals surface area contributed by atoms with Crippen molar-refractivity contribution in [2.75, 3.05) is 18.4 Å². The number of rotatable bonds is 7. The standard InChI is InChI=1S/C20H23IN2O3S/c1-4-23(5-2)27(25,26)18-10-6-16(7-11-18)8-13-20(24)22-19-12-9-17(21)14-15(19)3/h6-14H,4-5H2,1-3H3,(H,22,24)/b13-8+. The number of benzene rings is 2. The number of halogens is 1. The number of sulfonamides is 1. The number of amides is 1. The van der Waals surface area contributed by atoms with Gasteiger partial charge in [0.05, 0.1) is 4.90 Å². The van der Waals surface area contributed by atoms with E-state index in [2.05, 4.69) is 27.9 Å². The second kappa shape index (κ2) is 9.48. The normalized spacial score (nSPS) is 11.9. The van der Waals surface area contributed by atoms with Crippen LogP contribution < -0.4 is 5.32 Å². The summed E-state index contributed by atoms with van der Waals surface area (Å²) in [5, 5.41) is 2.84. The minimum atomic E-state index is -3.47. The molecule has 0 atom stereocenters. The summed E-state index contributed by atoms with van der Waals surface area (Å²) in [7, 11) is -3.47. The van der Waals surface area contributed by atoms with E-state index in [4.69, 9.17) is 0 Å². The van der Waals surface area contributed by atoms with Gasteiger partial charge in [0.2, 0.25) is 15.9 Å². The van der Waals surface area contributed by atoms with Crippen molar-refractivity contribution in [3.05, 3.63) is 63.2 Å². The first-order valence-corrected chi connectivity index (χ1v) is 11.1.